The van der Waals surface area contributed by atoms with Crippen LogP contribution in [0.3, 0.4) is 0 Å². The normalized spacial score (nSPS) is 33.2. The van der Waals surface area contributed by atoms with E-state index < -0.39 is 0 Å². The average molecular weight is 253 g/mol. The van der Waals surface area contributed by atoms with Crippen LogP contribution in [0.5, 0.6) is 0 Å². The lowest BCUT2D eigenvalue weighted by molar-refractivity contribution is 0.167. The Morgan fingerprint density at radius 1 is 1.28 bits per heavy atom. The van der Waals surface area contributed by atoms with Crippen molar-refractivity contribution >= 4 is 6.03 Å². The quantitative estimate of drug-likeness (QED) is 0.790. The molecule has 1 unspecified atom stereocenters. The summed E-state index contributed by atoms with van der Waals surface area (Å²) in [6.45, 7) is 4.89. The summed E-state index contributed by atoms with van der Waals surface area (Å²) in [5.41, 5.74) is 5.89. The number of carbonyl (C=O) groups is 1. The maximum absolute atomic E-state index is 12.0. The molecular formula is C14H27N3O. The Balaban J connectivity index is 1.68. The van der Waals surface area contributed by atoms with Crippen LogP contribution >= 0.6 is 0 Å². The lowest BCUT2D eigenvalue weighted by atomic mass is 9.86. The van der Waals surface area contributed by atoms with Gasteiger partial charge in [-0.05, 0) is 50.4 Å². The minimum atomic E-state index is 0.136. The van der Waals surface area contributed by atoms with E-state index in [9.17, 15) is 4.79 Å². The van der Waals surface area contributed by atoms with Crippen LogP contribution in [0.1, 0.15) is 45.4 Å². The first-order chi connectivity index (χ1) is 8.65. The summed E-state index contributed by atoms with van der Waals surface area (Å²) in [7, 11) is 0. The number of carbonyl (C=O) groups excluding carboxylic acids is 1. The van der Waals surface area contributed by atoms with Crippen molar-refractivity contribution in [2.45, 2.75) is 51.5 Å². The van der Waals surface area contributed by atoms with Crippen molar-refractivity contribution in [3.8, 4) is 0 Å². The molecule has 0 radical (unpaired) electrons. The number of piperidine rings is 1. The number of hydrogen-bond acceptors (Lipinski definition) is 2. The summed E-state index contributed by atoms with van der Waals surface area (Å²) in [4.78, 5) is 14.0. The third-order valence-electron chi connectivity index (χ3n) is 4.38. The zero-order valence-corrected chi connectivity index (χ0v) is 11.5. The van der Waals surface area contributed by atoms with Gasteiger partial charge in [0.05, 0.1) is 0 Å². The molecule has 2 rings (SSSR count). The first kappa shape index (κ1) is 13.7. The van der Waals surface area contributed by atoms with Gasteiger partial charge in [-0.15, -0.1) is 0 Å². The van der Waals surface area contributed by atoms with Crippen molar-refractivity contribution in [1.82, 2.24) is 10.2 Å². The molecule has 0 aromatic rings. The van der Waals surface area contributed by atoms with Gasteiger partial charge in [0.25, 0.3) is 0 Å². The van der Waals surface area contributed by atoms with Gasteiger partial charge in [-0.3, -0.25) is 0 Å². The van der Waals surface area contributed by atoms with E-state index >= 15 is 0 Å². The Morgan fingerprint density at radius 3 is 2.67 bits per heavy atom. The molecule has 1 aliphatic carbocycles. The fourth-order valence-electron chi connectivity index (χ4n) is 3.11. The molecule has 1 saturated carbocycles. The van der Waals surface area contributed by atoms with Crippen LogP contribution in [0.15, 0.2) is 0 Å². The zero-order valence-electron chi connectivity index (χ0n) is 11.5. The molecule has 104 valence electrons. The standard InChI is InChI=1S/C14H27N3O/c1-11-3-2-8-17(10-11)14(18)16-9-12-4-6-13(15)7-5-12/h11-13H,2-10,15H2,1H3,(H,16,18). The van der Waals surface area contributed by atoms with E-state index in [1.807, 2.05) is 4.90 Å². The molecule has 0 bridgehead atoms. The van der Waals surface area contributed by atoms with E-state index in [-0.39, 0.29) is 6.03 Å². The summed E-state index contributed by atoms with van der Waals surface area (Å²) in [5.74, 6) is 1.29. The van der Waals surface area contributed by atoms with Gasteiger partial charge in [0.15, 0.2) is 0 Å². The molecule has 0 aromatic heterocycles. The van der Waals surface area contributed by atoms with Gasteiger partial charge in [0.1, 0.15) is 0 Å². The van der Waals surface area contributed by atoms with Gasteiger partial charge in [-0.25, -0.2) is 4.79 Å². The smallest absolute Gasteiger partial charge is 0.317 e. The topological polar surface area (TPSA) is 58.4 Å². The van der Waals surface area contributed by atoms with Crippen LogP contribution in [0, 0.1) is 11.8 Å². The number of nitrogens with one attached hydrogen (secondary N) is 1. The van der Waals surface area contributed by atoms with Crippen LogP contribution in [0.2, 0.25) is 0 Å². The van der Waals surface area contributed by atoms with Gasteiger partial charge in [0, 0.05) is 25.7 Å². The summed E-state index contributed by atoms with van der Waals surface area (Å²) in [5, 5.41) is 3.10. The van der Waals surface area contributed by atoms with Crippen LogP contribution < -0.4 is 11.1 Å². The molecule has 0 spiro atoms. The largest absolute Gasteiger partial charge is 0.338 e. The monoisotopic (exact) mass is 253 g/mol. The third-order valence-corrected chi connectivity index (χ3v) is 4.38. The molecule has 2 amide bonds. The molecule has 4 heteroatoms. The molecular weight excluding hydrogens is 226 g/mol. The number of urea groups is 1. The molecule has 2 fully saturated rings. The van der Waals surface area contributed by atoms with Crippen molar-refractivity contribution in [3.63, 3.8) is 0 Å². The van der Waals surface area contributed by atoms with Gasteiger partial charge in [-0.1, -0.05) is 6.92 Å². The summed E-state index contributed by atoms with van der Waals surface area (Å²) in [6.07, 6.45) is 6.95. The number of nitrogens with zero attached hydrogens (tertiary/aromatic N) is 1. The average Bonchev–Trinajstić information content (AvgIpc) is 2.38. The minimum absolute atomic E-state index is 0.136. The van der Waals surface area contributed by atoms with E-state index in [1.165, 1.54) is 6.42 Å². The molecule has 1 saturated heterocycles. The second kappa shape index (κ2) is 6.41. The zero-order chi connectivity index (χ0) is 13.0. The summed E-state index contributed by atoms with van der Waals surface area (Å²) in [6, 6.07) is 0.524. The van der Waals surface area contributed by atoms with Crippen LogP contribution in [-0.4, -0.2) is 36.6 Å². The lowest BCUT2D eigenvalue weighted by Gasteiger charge is -2.32. The number of rotatable bonds is 2. The highest BCUT2D eigenvalue weighted by Gasteiger charge is 2.23. The van der Waals surface area contributed by atoms with Gasteiger partial charge < -0.3 is 16.0 Å². The highest BCUT2D eigenvalue weighted by molar-refractivity contribution is 5.74. The number of likely N-dealkylation sites (tertiary alicyclic amines) is 1. The highest BCUT2D eigenvalue weighted by atomic mass is 16.2. The lowest BCUT2D eigenvalue weighted by Crippen LogP contribution is -2.46. The first-order valence-electron chi connectivity index (χ1n) is 7.43. The van der Waals surface area contributed by atoms with Crippen molar-refractivity contribution < 1.29 is 4.79 Å². The number of amides is 2. The van der Waals surface area contributed by atoms with Crippen molar-refractivity contribution in [2.24, 2.45) is 17.6 Å². The van der Waals surface area contributed by atoms with Crippen molar-refractivity contribution in [2.75, 3.05) is 19.6 Å². The Kier molecular flexibility index (Phi) is 4.87. The van der Waals surface area contributed by atoms with Crippen molar-refractivity contribution in [3.05, 3.63) is 0 Å². The van der Waals surface area contributed by atoms with Crippen LogP contribution in [0.4, 0.5) is 4.79 Å². The van der Waals surface area contributed by atoms with Crippen LogP contribution in [-0.2, 0) is 0 Å². The van der Waals surface area contributed by atoms with Gasteiger partial charge in [0.2, 0.25) is 0 Å². The fourth-order valence-corrected chi connectivity index (χ4v) is 3.11. The molecule has 4 nitrogen and oxygen atoms in total. The maximum Gasteiger partial charge on any atom is 0.317 e. The second-order valence-electron chi connectivity index (χ2n) is 6.16. The Bertz CT molecular complexity index is 274. The van der Waals surface area contributed by atoms with Crippen molar-refractivity contribution in [1.29, 1.82) is 0 Å². The summed E-state index contributed by atoms with van der Waals surface area (Å²) < 4.78 is 0. The number of nitrogens with two attached hydrogens (primary N) is 1. The SMILES string of the molecule is CC1CCCN(C(=O)NCC2CCC(N)CC2)C1. The summed E-state index contributed by atoms with van der Waals surface area (Å²) >= 11 is 0. The third kappa shape index (κ3) is 3.87. The molecule has 0 aromatic carbocycles. The van der Waals surface area contributed by atoms with E-state index in [4.69, 9.17) is 5.73 Å². The Labute approximate surface area is 110 Å². The van der Waals surface area contributed by atoms with Gasteiger partial charge in [-0.2, -0.15) is 0 Å². The Hall–Kier alpha value is -0.770. The van der Waals surface area contributed by atoms with E-state index in [0.717, 1.165) is 51.7 Å². The van der Waals surface area contributed by atoms with E-state index in [1.54, 1.807) is 0 Å². The van der Waals surface area contributed by atoms with Crippen LogP contribution in [0.25, 0.3) is 0 Å². The fraction of sp³-hybridized carbons (Fsp3) is 0.929. The minimum Gasteiger partial charge on any atom is -0.338 e. The van der Waals surface area contributed by atoms with E-state index in [0.29, 0.717) is 17.9 Å². The maximum atomic E-state index is 12.0. The highest BCUT2D eigenvalue weighted by Crippen LogP contribution is 2.22. The number of hydrogen-bond donors (Lipinski definition) is 2. The predicted octanol–water partition coefficient (Wildman–Crippen LogP) is 1.95. The van der Waals surface area contributed by atoms with Gasteiger partial charge >= 0.3 is 6.03 Å². The first-order valence-corrected chi connectivity index (χ1v) is 7.43. The molecule has 1 atom stereocenters. The Morgan fingerprint density at radius 2 is 2.00 bits per heavy atom. The molecule has 1 heterocycles. The molecule has 3 N–H and O–H groups in total. The molecule has 2 aliphatic rings. The molecule has 18 heavy (non-hydrogen) atoms. The molecule has 1 aliphatic heterocycles. The predicted molar refractivity (Wildman–Crippen MR) is 73.3 cm³/mol. The second-order valence-corrected chi connectivity index (χ2v) is 6.16. The van der Waals surface area contributed by atoms with E-state index in [2.05, 4.69) is 12.2 Å².